The topological polar surface area (TPSA) is 112 Å². The molecule has 0 unspecified atom stereocenters. The van der Waals surface area contributed by atoms with Gasteiger partial charge in [0.05, 0.1) is 12.1 Å². The smallest absolute Gasteiger partial charge is 0.318 e. The third-order valence-corrected chi connectivity index (χ3v) is 8.16. The molecule has 1 aromatic rings. The van der Waals surface area contributed by atoms with Crippen LogP contribution in [0.5, 0.6) is 0 Å². The molecule has 0 saturated heterocycles. The summed E-state index contributed by atoms with van der Waals surface area (Å²) in [6.45, 7) is 1.54. The molecule has 166 valence electrons. The number of carbonyl (C=O) groups is 2. The Morgan fingerprint density at radius 3 is 2.55 bits per heavy atom. The van der Waals surface area contributed by atoms with Gasteiger partial charge in [0.25, 0.3) is 5.91 Å². The van der Waals surface area contributed by atoms with Gasteiger partial charge in [-0.2, -0.15) is 0 Å². The molecule has 2 aliphatic rings. The SMILES string of the molecule is CN(C)C1(C#CC#Cc2cc3n(c2)C(=O)N(CC[C@](C)(C(=O)NO)S(C)(=O)=O)C3)CC1. The van der Waals surface area contributed by atoms with E-state index in [9.17, 15) is 18.0 Å². The van der Waals surface area contributed by atoms with Crippen LogP contribution in [0, 0.1) is 23.7 Å². The van der Waals surface area contributed by atoms with Crippen molar-refractivity contribution in [2.75, 3.05) is 26.9 Å². The van der Waals surface area contributed by atoms with Crippen molar-refractivity contribution < 1.29 is 23.2 Å². The van der Waals surface area contributed by atoms with E-state index in [2.05, 4.69) is 28.6 Å². The Morgan fingerprint density at radius 2 is 2.03 bits per heavy atom. The summed E-state index contributed by atoms with van der Waals surface area (Å²) in [7, 11) is 0.178. The lowest BCUT2D eigenvalue weighted by molar-refractivity contribution is -0.131. The van der Waals surface area contributed by atoms with Gasteiger partial charge in [-0.05, 0) is 58.2 Å². The van der Waals surface area contributed by atoms with Crippen molar-refractivity contribution in [2.45, 2.75) is 43.0 Å². The second-order valence-electron chi connectivity index (χ2n) is 8.41. The fourth-order valence-electron chi connectivity index (χ4n) is 3.45. The highest BCUT2D eigenvalue weighted by Crippen LogP contribution is 2.39. The summed E-state index contributed by atoms with van der Waals surface area (Å²) in [4.78, 5) is 28.1. The monoisotopic (exact) mass is 446 g/mol. The molecule has 1 fully saturated rings. The zero-order valence-corrected chi connectivity index (χ0v) is 18.8. The summed E-state index contributed by atoms with van der Waals surface area (Å²) in [5.74, 6) is 10.8. The zero-order chi connectivity index (χ0) is 23.0. The molecule has 9 nitrogen and oxygen atoms in total. The summed E-state index contributed by atoms with van der Waals surface area (Å²) in [5.41, 5.74) is 2.75. The number of hydroxylamine groups is 1. The fraction of sp³-hybridized carbons (Fsp3) is 0.524. The van der Waals surface area contributed by atoms with Crippen molar-refractivity contribution >= 4 is 21.8 Å². The lowest BCUT2D eigenvalue weighted by atomic mass is 10.1. The number of nitrogens with one attached hydrogen (secondary N) is 1. The highest BCUT2D eigenvalue weighted by atomic mass is 32.2. The minimum absolute atomic E-state index is 0.0383. The van der Waals surface area contributed by atoms with E-state index in [0.29, 0.717) is 5.56 Å². The van der Waals surface area contributed by atoms with E-state index < -0.39 is 20.5 Å². The van der Waals surface area contributed by atoms with Gasteiger partial charge in [0.15, 0.2) is 14.6 Å². The second kappa shape index (κ2) is 8.04. The van der Waals surface area contributed by atoms with Crippen LogP contribution in [0.1, 0.15) is 37.4 Å². The lowest BCUT2D eigenvalue weighted by Gasteiger charge is -2.27. The molecule has 2 amide bonds. The van der Waals surface area contributed by atoms with Crippen molar-refractivity contribution in [1.82, 2.24) is 19.8 Å². The first-order chi connectivity index (χ1) is 14.4. The van der Waals surface area contributed by atoms with Gasteiger partial charge in [0.2, 0.25) is 0 Å². The summed E-state index contributed by atoms with van der Waals surface area (Å²) >= 11 is 0. The van der Waals surface area contributed by atoms with Crippen molar-refractivity contribution in [1.29, 1.82) is 0 Å². The normalized spacial score (nSPS) is 18.4. The number of amides is 2. The minimum Gasteiger partial charge on any atom is -0.318 e. The predicted molar refractivity (Wildman–Crippen MR) is 114 cm³/mol. The summed E-state index contributed by atoms with van der Waals surface area (Å²) < 4.78 is 23.8. The average molecular weight is 447 g/mol. The molecular formula is C21H26N4O5S. The summed E-state index contributed by atoms with van der Waals surface area (Å²) in [6, 6.07) is 1.47. The van der Waals surface area contributed by atoms with Gasteiger partial charge in [-0.1, -0.05) is 11.8 Å². The molecular weight excluding hydrogens is 420 g/mol. The van der Waals surface area contributed by atoms with Crippen molar-refractivity contribution in [3.8, 4) is 23.7 Å². The Kier molecular flexibility index (Phi) is 5.94. The van der Waals surface area contributed by atoms with Gasteiger partial charge in [-0.25, -0.2) is 18.7 Å². The molecule has 0 bridgehead atoms. The van der Waals surface area contributed by atoms with E-state index >= 15 is 0 Å². The number of carbonyl (C=O) groups excluding carboxylic acids is 2. The molecule has 2 heterocycles. The Morgan fingerprint density at radius 1 is 1.35 bits per heavy atom. The Hall–Kier alpha value is -2.79. The van der Waals surface area contributed by atoms with Crippen LogP contribution in [0.4, 0.5) is 4.79 Å². The van der Waals surface area contributed by atoms with Crippen LogP contribution in [0.2, 0.25) is 0 Å². The van der Waals surface area contributed by atoms with Gasteiger partial charge in [0, 0.05) is 30.3 Å². The van der Waals surface area contributed by atoms with Crippen molar-refractivity contribution in [2.24, 2.45) is 0 Å². The van der Waals surface area contributed by atoms with Crippen molar-refractivity contribution in [3.05, 3.63) is 23.5 Å². The van der Waals surface area contributed by atoms with Crippen LogP contribution in [0.25, 0.3) is 0 Å². The predicted octanol–water partition coefficient (Wildman–Crippen LogP) is 0.420. The van der Waals surface area contributed by atoms with Crippen LogP contribution < -0.4 is 5.48 Å². The highest BCUT2D eigenvalue weighted by molar-refractivity contribution is 7.92. The first-order valence-electron chi connectivity index (χ1n) is 9.79. The Balaban J connectivity index is 1.66. The average Bonchev–Trinajstić information content (AvgIpc) is 3.31. The summed E-state index contributed by atoms with van der Waals surface area (Å²) in [5, 5.41) is 8.91. The molecule has 1 saturated carbocycles. The molecule has 3 rings (SSSR count). The number of hydrogen-bond acceptors (Lipinski definition) is 6. The maximum Gasteiger partial charge on any atom is 0.328 e. The van der Waals surface area contributed by atoms with E-state index in [0.717, 1.165) is 24.8 Å². The van der Waals surface area contributed by atoms with Crippen molar-refractivity contribution in [3.63, 3.8) is 0 Å². The Bertz CT molecular complexity index is 1140. The standard InChI is InChI=1S/C21H26N4O5S/c1-20(18(26)22-28,31(4,29)30)11-12-24-15-17-13-16(14-25(17)19(24)27)7-5-6-8-21(9-10-21)23(2)3/h13-14,28H,9-12,15H2,1-4H3,(H,22,26)/t20-/m1/s1. The van der Waals surface area contributed by atoms with E-state index in [1.165, 1.54) is 21.9 Å². The molecule has 0 aromatic carbocycles. The van der Waals surface area contributed by atoms with E-state index in [1.807, 2.05) is 14.1 Å². The quantitative estimate of drug-likeness (QED) is 0.372. The minimum atomic E-state index is -3.82. The number of fused-ring (bicyclic) bond motifs is 1. The maximum absolute atomic E-state index is 12.7. The molecule has 10 heteroatoms. The van der Waals surface area contributed by atoms with Gasteiger partial charge < -0.3 is 4.90 Å². The number of hydrogen-bond donors (Lipinski definition) is 2. The van der Waals surface area contributed by atoms with Crippen LogP contribution in [0.15, 0.2) is 12.3 Å². The molecule has 1 aromatic heterocycles. The first kappa shape index (κ1) is 22.9. The fourth-order valence-corrected chi connectivity index (χ4v) is 4.30. The van der Waals surface area contributed by atoms with Crippen LogP contribution in [-0.2, 0) is 21.2 Å². The number of sulfone groups is 1. The second-order valence-corrected chi connectivity index (χ2v) is 10.9. The summed E-state index contributed by atoms with van der Waals surface area (Å²) in [6.07, 6.45) is 4.48. The number of rotatable bonds is 6. The van der Waals surface area contributed by atoms with Crippen LogP contribution in [0.3, 0.4) is 0 Å². The third-order valence-electron chi connectivity index (χ3n) is 6.13. The van der Waals surface area contributed by atoms with Gasteiger partial charge in [-0.15, -0.1) is 0 Å². The maximum atomic E-state index is 12.7. The molecule has 31 heavy (non-hydrogen) atoms. The van der Waals surface area contributed by atoms with Gasteiger partial charge >= 0.3 is 6.03 Å². The molecule has 1 aliphatic carbocycles. The molecule has 1 aliphatic heterocycles. The number of aromatic nitrogens is 1. The molecule has 0 spiro atoms. The Labute approximate surface area is 182 Å². The largest absolute Gasteiger partial charge is 0.328 e. The third kappa shape index (κ3) is 4.33. The number of nitrogens with zero attached hydrogens (tertiary/aromatic N) is 3. The van der Waals surface area contributed by atoms with E-state index in [4.69, 9.17) is 5.21 Å². The van der Waals surface area contributed by atoms with Crippen LogP contribution in [-0.4, -0.2) is 77.1 Å². The molecule has 1 atom stereocenters. The van der Waals surface area contributed by atoms with E-state index in [-0.39, 0.29) is 31.1 Å². The van der Waals surface area contributed by atoms with Gasteiger partial charge in [-0.3, -0.25) is 19.5 Å². The van der Waals surface area contributed by atoms with Crippen LogP contribution >= 0.6 is 0 Å². The first-order valence-corrected chi connectivity index (χ1v) is 11.7. The van der Waals surface area contributed by atoms with E-state index in [1.54, 1.807) is 12.3 Å². The zero-order valence-electron chi connectivity index (χ0n) is 18.0. The van der Waals surface area contributed by atoms with Gasteiger partial charge in [0.1, 0.15) is 0 Å². The lowest BCUT2D eigenvalue weighted by Crippen LogP contribution is -2.50. The molecule has 2 N–H and O–H groups in total. The molecule has 0 radical (unpaired) electrons. The highest BCUT2D eigenvalue weighted by Gasteiger charge is 2.44.